The molecule has 9 heteroatoms. The molecule has 2 atom stereocenters. The third-order valence-electron chi connectivity index (χ3n) is 5.61. The van der Waals surface area contributed by atoms with Crippen molar-refractivity contribution >= 4 is 46.2 Å². The smallest absolute Gasteiger partial charge is 0.418 e. The molecule has 1 saturated heterocycles. The molecule has 2 heterocycles. The van der Waals surface area contributed by atoms with Crippen molar-refractivity contribution in [2.45, 2.75) is 25.0 Å². The number of aromatic amines is 1. The molecule has 34 heavy (non-hydrogen) atoms. The van der Waals surface area contributed by atoms with Crippen molar-refractivity contribution in [3.63, 3.8) is 0 Å². The minimum Gasteiger partial charge on any atom is -0.424 e. The van der Waals surface area contributed by atoms with Gasteiger partial charge in [-0.3, -0.25) is 4.79 Å². The van der Waals surface area contributed by atoms with Crippen LogP contribution in [0.2, 0.25) is 10.0 Å². The molecule has 4 rings (SSSR count). The highest BCUT2D eigenvalue weighted by Gasteiger charge is 2.58. The lowest BCUT2D eigenvalue weighted by Crippen LogP contribution is -2.45. The fourth-order valence-corrected chi connectivity index (χ4v) is 4.35. The number of halogens is 3. The number of ether oxygens (including phenoxy) is 1. The van der Waals surface area contributed by atoms with E-state index in [1.165, 1.54) is 12.1 Å². The number of imidazole rings is 1. The summed E-state index contributed by atoms with van der Waals surface area (Å²) < 4.78 is 18.8. The summed E-state index contributed by atoms with van der Waals surface area (Å²) in [4.78, 5) is 35.4. The Morgan fingerprint density at radius 3 is 2.62 bits per heavy atom. The van der Waals surface area contributed by atoms with Gasteiger partial charge in [-0.2, -0.15) is 0 Å². The summed E-state index contributed by atoms with van der Waals surface area (Å²) in [6.45, 7) is 8.60. The Labute approximate surface area is 205 Å². The number of H-pyrrole nitrogens is 1. The van der Waals surface area contributed by atoms with Crippen molar-refractivity contribution in [1.82, 2.24) is 14.9 Å². The first-order chi connectivity index (χ1) is 16.1. The number of hydrogen-bond donors (Lipinski definition) is 1. The molecule has 0 bridgehead atoms. The number of imide groups is 1. The molecule has 1 N–H and O–H groups in total. The molecule has 2 aromatic carbocycles. The quantitative estimate of drug-likeness (QED) is 0.388. The van der Waals surface area contributed by atoms with Gasteiger partial charge >= 0.3 is 6.09 Å². The molecule has 3 aromatic rings. The highest BCUT2D eigenvalue weighted by molar-refractivity contribution is 6.38. The van der Waals surface area contributed by atoms with Crippen LogP contribution in [-0.2, 0) is 21.6 Å². The maximum Gasteiger partial charge on any atom is 0.418 e. The van der Waals surface area contributed by atoms with E-state index in [4.69, 9.17) is 27.9 Å². The van der Waals surface area contributed by atoms with Gasteiger partial charge in [-0.1, -0.05) is 72.8 Å². The number of aromatic nitrogens is 2. The van der Waals surface area contributed by atoms with Crippen LogP contribution < -0.4 is 0 Å². The van der Waals surface area contributed by atoms with Crippen LogP contribution in [0.25, 0.3) is 11.0 Å². The minimum atomic E-state index is -1.78. The molecule has 1 aliphatic rings. The second-order valence-corrected chi connectivity index (χ2v) is 8.78. The predicted molar refractivity (Wildman–Crippen MR) is 129 cm³/mol. The van der Waals surface area contributed by atoms with Gasteiger partial charge in [0.05, 0.1) is 16.6 Å². The molecule has 1 aromatic heterocycles. The highest BCUT2D eigenvalue weighted by Crippen LogP contribution is 2.40. The van der Waals surface area contributed by atoms with Crippen molar-refractivity contribution < 1.29 is 18.7 Å². The first-order valence-corrected chi connectivity index (χ1v) is 11.0. The molecule has 174 valence electrons. The number of nitrogens with one attached hydrogen (secondary N) is 1. The van der Waals surface area contributed by atoms with Crippen molar-refractivity contribution in [3.8, 4) is 0 Å². The van der Waals surface area contributed by atoms with E-state index in [-0.39, 0.29) is 17.3 Å². The highest BCUT2D eigenvalue weighted by atomic mass is 35.5. The summed E-state index contributed by atoms with van der Waals surface area (Å²) in [5.74, 6) is -1.20. The molecule has 6 nitrogen and oxygen atoms in total. The summed E-state index contributed by atoms with van der Waals surface area (Å²) >= 11 is 12.4. The fraction of sp³-hybridized carbons (Fsp3) is 0.160. The Morgan fingerprint density at radius 1 is 1.24 bits per heavy atom. The van der Waals surface area contributed by atoms with Crippen molar-refractivity contribution in [2.24, 2.45) is 0 Å². The van der Waals surface area contributed by atoms with Crippen LogP contribution in [0.1, 0.15) is 18.3 Å². The molecule has 0 unspecified atom stereocenters. The van der Waals surface area contributed by atoms with E-state index in [9.17, 15) is 14.0 Å². The first kappa shape index (κ1) is 23.7. The third kappa shape index (κ3) is 4.24. The van der Waals surface area contributed by atoms with Gasteiger partial charge in [0.1, 0.15) is 11.3 Å². The molecule has 0 spiro atoms. The largest absolute Gasteiger partial charge is 0.424 e. The van der Waals surface area contributed by atoms with Crippen LogP contribution >= 0.6 is 23.2 Å². The van der Waals surface area contributed by atoms with E-state index >= 15 is 0 Å². The van der Waals surface area contributed by atoms with Gasteiger partial charge in [-0.25, -0.2) is 19.1 Å². The van der Waals surface area contributed by atoms with Gasteiger partial charge in [-0.05, 0) is 36.3 Å². The molecular formula is C25H20Cl2FN3O3. The summed E-state index contributed by atoms with van der Waals surface area (Å²) in [5, 5.41) is 0.666. The van der Waals surface area contributed by atoms with Gasteiger partial charge in [0, 0.05) is 11.4 Å². The maximum absolute atomic E-state index is 13.9. The SMILES string of the molecule is C=C(F)/C=C\C(=C)[C@@H](C)N1C(=O)O[C@](Cc2ccccc2)(c2nc3c(Cl)cc(Cl)cc3[nH]2)C1=O. The Morgan fingerprint density at radius 2 is 1.94 bits per heavy atom. The third-order valence-corrected chi connectivity index (χ3v) is 6.11. The molecule has 0 aliphatic carbocycles. The number of benzene rings is 2. The van der Waals surface area contributed by atoms with E-state index in [0.29, 0.717) is 21.6 Å². The number of nitrogens with zero attached hydrogens (tertiary/aromatic N) is 2. The number of fused-ring (bicyclic) bond motifs is 1. The summed E-state index contributed by atoms with van der Waals surface area (Å²) in [7, 11) is 0. The zero-order valence-electron chi connectivity index (χ0n) is 18.1. The summed E-state index contributed by atoms with van der Waals surface area (Å²) in [6, 6.07) is 11.4. The Kier molecular flexibility index (Phi) is 6.34. The molecule has 0 radical (unpaired) electrons. The topological polar surface area (TPSA) is 75.3 Å². The number of carbonyl (C=O) groups excluding carboxylic acids is 2. The van der Waals surface area contributed by atoms with Crippen molar-refractivity contribution in [1.29, 1.82) is 0 Å². The molecule has 1 aliphatic heterocycles. The van der Waals surface area contributed by atoms with E-state index in [1.54, 1.807) is 13.0 Å². The van der Waals surface area contributed by atoms with Crippen molar-refractivity contribution in [2.75, 3.05) is 0 Å². The molecule has 2 amide bonds. The van der Waals surface area contributed by atoms with Gasteiger partial charge in [0.25, 0.3) is 11.5 Å². The van der Waals surface area contributed by atoms with Gasteiger partial charge in [-0.15, -0.1) is 0 Å². The average Bonchev–Trinajstić information content (AvgIpc) is 3.32. The standard InChI is InChI=1S/C25H20Cl2FN3O3/c1-14(9-10-15(2)28)16(3)31-23(32)25(34-24(31)33,13-17-7-5-4-6-8-17)22-29-20-12-18(26)11-19(27)21(20)30-22/h4-12,16H,1-2,13H2,3H3,(H,29,30)/b10-9-/t16-,25-/m1/s1. The average molecular weight is 500 g/mol. The van der Waals surface area contributed by atoms with E-state index < -0.39 is 29.5 Å². The van der Waals surface area contributed by atoms with Crippen molar-refractivity contribution in [3.05, 3.63) is 101 Å². The normalized spacial score (nSPS) is 19.1. The Bertz CT molecular complexity index is 1350. The molecule has 1 fully saturated rings. The monoisotopic (exact) mass is 499 g/mol. The summed E-state index contributed by atoms with van der Waals surface area (Å²) in [6.07, 6.45) is 1.61. The predicted octanol–water partition coefficient (Wildman–Crippen LogP) is 6.27. The van der Waals surface area contributed by atoms with Crippen LogP contribution in [0.15, 0.2) is 79.2 Å². The van der Waals surface area contributed by atoms with Crippen LogP contribution in [0, 0.1) is 0 Å². The second kappa shape index (κ2) is 9.08. The number of hydrogen-bond acceptors (Lipinski definition) is 4. The van der Waals surface area contributed by atoms with Crippen LogP contribution in [0.5, 0.6) is 0 Å². The maximum atomic E-state index is 13.9. The number of amides is 2. The van der Waals surface area contributed by atoms with Gasteiger partial charge < -0.3 is 9.72 Å². The van der Waals surface area contributed by atoms with Crippen LogP contribution in [0.3, 0.4) is 0 Å². The lowest BCUT2D eigenvalue weighted by atomic mass is 9.92. The van der Waals surface area contributed by atoms with E-state index in [0.717, 1.165) is 16.5 Å². The number of carbonyl (C=O) groups is 2. The first-order valence-electron chi connectivity index (χ1n) is 10.3. The summed E-state index contributed by atoms with van der Waals surface area (Å²) in [5.41, 5.74) is 0.158. The van der Waals surface area contributed by atoms with E-state index in [2.05, 4.69) is 23.1 Å². The minimum absolute atomic E-state index is 0.0242. The molecular weight excluding hydrogens is 480 g/mol. The lowest BCUT2D eigenvalue weighted by Gasteiger charge is -2.25. The molecule has 0 saturated carbocycles. The number of cyclic esters (lactones) is 1. The second-order valence-electron chi connectivity index (χ2n) is 7.93. The number of rotatable bonds is 7. The van der Waals surface area contributed by atoms with Gasteiger partial charge in [0.15, 0.2) is 5.82 Å². The van der Waals surface area contributed by atoms with E-state index in [1.807, 2.05) is 30.3 Å². The Hall–Kier alpha value is -3.42. The zero-order chi connectivity index (χ0) is 24.6. The van der Waals surface area contributed by atoms with Crippen LogP contribution in [0.4, 0.5) is 9.18 Å². The van der Waals surface area contributed by atoms with Crippen LogP contribution in [-0.4, -0.2) is 32.9 Å². The zero-order valence-corrected chi connectivity index (χ0v) is 19.7. The number of allylic oxidation sites excluding steroid dienone is 2. The Balaban J connectivity index is 1.82. The fourth-order valence-electron chi connectivity index (χ4n) is 3.82. The van der Waals surface area contributed by atoms with Gasteiger partial charge in [0.2, 0.25) is 0 Å². The lowest BCUT2D eigenvalue weighted by molar-refractivity contribution is -0.138.